The molecular formula is C14H16N2O4S2. The fraction of sp³-hybridized carbons (Fsp3) is 0.286. The van der Waals surface area contributed by atoms with Gasteiger partial charge in [0.25, 0.3) is 0 Å². The standard InChI is InChI=1S/C14H16N2O4S2/c1-9-11(7-15-14(21)16-9)13(17)20-8-10-5-3-4-6-12(10)22(2,18)19/h3-6H,7-8H2,1-2H3,(H2,15,16,21). The van der Waals surface area contributed by atoms with Crippen LogP contribution in [0.25, 0.3) is 0 Å². The molecule has 8 heteroatoms. The fourth-order valence-corrected chi connectivity index (χ4v) is 3.19. The van der Waals surface area contributed by atoms with Gasteiger partial charge in [-0.1, -0.05) is 18.2 Å². The van der Waals surface area contributed by atoms with Gasteiger partial charge in [-0.25, -0.2) is 13.2 Å². The van der Waals surface area contributed by atoms with E-state index in [1.807, 2.05) is 0 Å². The van der Waals surface area contributed by atoms with Gasteiger partial charge in [0.05, 0.1) is 17.0 Å². The Hall–Kier alpha value is -1.93. The highest BCUT2D eigenvalue weighted by Gasteiger charge is 2.20. The second kappa shape index (κ2) is 6.45. The number of carbonyl (C=O) groups excluding carboxylic acids is 1. The first-order chi connectivity index (χ1) is 10.3. The molecule has 2 N–H and O–H groups in total. The van der Waals surface area contributed by atoms with E-state index in [0.29, 0.717) is 21.9 Å². The van der Waals surface area contributed by atoms with Gasteiger partial charge in [0.15, 0.2) is 14.9 Å². The monoisotopic (exact) mass is 340 g/mol. The summed E-state index contributed by atoms with van der Waals surface area (Å²) in [5, 5.41) is 6.15. The molecule has 0 spiro atoms. The van der Waals surface area contributed by atoms with Crippen LogP contribution in [-0.2, 0) is 26.0 Å². The number of carbonyl (C=O) groups is 1. The van der Waals surface area contributed by atoms with Crippen molar-refractivity contribution in [1.82, 2.24) is 10.6 Å². The molecule has 6 nitrogen and oxygen atoms in total. The first kappa shape index (κ1) is 16.4. The van der Waals surface area contributed by atoms with Crippen LogP contribution in [0.4, 0.5) is 0 Å². The molecular weight excluding hydrogens is 324 g/mol. The Morgan fingerprint density at radius 3 is 2.68 bits per heavy atom. The number of esters is 1. The highest BCUT2D eigenvalue weighted by atomic mass is 32.2. The molecule has 0 aliphatic carbocycles. The van der Waals surface area contributed by atoms with Crippen molar-refractivity contribution in [2.45, 2.75) is 18.4 Å². The lowest BCUT2D eigenvalue weighted by atomic mass is 10.2. The van der Waals surface area contributed by atoms with Gasteiger partial charge in [0.1, 0.15) is 6.61 Å². The van der Waals surface area contributed by atoms with Gasteiger partial charge in [0, 0.05) is 17.5 Å². The predicted molar refractivity (Wildman–Crippen MR) is 85.8 cm³/mol. The minimum absolute atomic E-state index is 0.108. The zero-order valence-corrected chi connectivity index (χ0v) is 13.8. The third kappa shape index (κ3) is 3.83. The minimum Gasteiger partial charge on any atom is -0.457 e. The fourth-order valence-electron chi connectivity index (χ4n) is 2.03. The lowest BCUT2D eigenvalue weighted by Gasteiger charge is -2.21. The Morgan fingerprint density at radius 2 is 2.05 bits per heavy atom. The molecule has 22 heavy (non-hydrogen) atoms. The third-order valence-corrected chi connectivity index (χ3v) is 4.60. The zero-order chi connectivity index (χ0) is 16.3. The minimum atomic E-state index is -3.37. The summed E-state index contributed by atoms with van der Waals surface area (Å²) in [4.78, 5) is 12.3. The van der Waals surface area contributed by atoms with Gasteiger partial charge in [-0.2, -0.15) is 0 Å². The maximum atomic E-state index is 12.1. The van der Waals surface area contributed by atoms with Crippen LogP contribution in [0.3, 0.4) is 0 Å². The number of ether oxygens (including phenoxy) is 1. The SMILES string of the molecule is CC1=C(C(=O)OCc2ccccc2S(C)(=O)=O)CNC(=S)N1. The van der Waals surface area contributed by atoms with Crippen molar-refractivity contribution < 1.29 is 17.9 Å². The Bertz CT molecular complexity index is 754. The Labute approximate surface area is 134 Å². The van der Waals surface area contributed by atoms with Crippen LogP contribution in [0.1, 0.15) is 12.5 Å². The van der Waals surface area contributed by atoms with Crippen LogP contribution in [0, 0.1) is 0 Å². The number of thiocarbonyl (C=S) groups is 1. The summed E-state index contributed by atoms with van der Waals surface area (Å²) in [5.74, 6) is -0.511. The molecule has 0 atom stereocenters. The van der Waals surface area contributed by atoms with E-state index < -0.39 is 15.8 Å². The van der Waals surface area contributed by atoms with Crippen molar-refractivity contribution in [1.29, 1.82) is 0 Å². The van der Waals surface area contributed by atoms with Crippen molar-refractivity contribution in [2.24, 2.45) is 0 Å². The topological polar surface area (TPSA) is 84.5 Å². The van der Waals surface area contributed by atoms with Gasteiger partial charge in [-0.05, 0) is 25.2 Å². The largest absolute Gasteiger partial charge is 0.457 e. The average molecular weight is 340 g/mol. The molecule has 0 unspecified atom stereocenters. The molecule has 1 aliphatic rings. The van der Waals surface area contributed by atoms with Crippen molar-refractivity contribution in [3.05, 3.63) is 41.1 Å². The molecule has 2 rings (SSSR count). The van der Waals surface area contributed by atoms with Crippen LogP contribution in [0.5, 0.6) is 0 Å². The van der Waals surface area contributed by atoms with E-state index in [9.17, 15) is 13.2 Å². The van der Waals surface area contributed by atoms with Gasteiger partial charge >= 0.3 is 5.97 Å². The van der Waals surface area contributed by atoms with E-state index in [4.69, 9.17) is 17.0 Å². The highest BCUT2D eigenvalue weighted by Crippen LogP contribution is 2.17. The predicted octanol–water partition coefficient (Wildman–Crippen LogP) is 0.885. The maximum Gasteiger partial charge on any atom is 0.337 e. The van der Waals surface area contributed by atoms with Gasteiger partial charge < -0.3 is 15.4 Å². The number of rotatable bonds is 4. The molecule has 0 amide bonds. The Kier molecular flexibility index (Phi) is 4.82. The van der Waals surface area contributed by atoms with Crippen LogP contribution in [0.15, 0.2) is 40.4 Å². The third-order valence-electron chi connectivity index (χ3n) is 3.16. The summed E-state index contributed by atoms with van der Waals surface area (Å²) in [6.07, 6.45) is 1.12. The van der Waals surface area contributed by atoms with Crippen LogP contribution in [0.2, 0.25) is 0 Å². The zero-order valence-electron chi connectivity index (χ0n) is 12.2. The lowest BCUT2D eigenvalue weighted by Crippen LogP contribution is -2.42. The summed E-state index contributed by atoms with van der Waals surface area (Å²) in [6, 6.07) is 6.44. The van der Waals surface area contributed by atoms with E-state index in [0.717, 1.165) is 6.26 Å². The van der Waals surface area contributed by atoms with Crippen molar-refractivity contribution >= 4 is 33.1 Å². The number of nitrogens with one attached hydrogen (secondary N) is 2. The highest BCUT2D eigenvalue weighted by molar-refractivity contribution is 7.90. The summed E-state index contributed by atoms with van der Waals surface area (Å²) in [5.41, 5.74) is 1.51. The van der Waals surface area contributed by atoms with Crippen molar-refractivity contribution in [3.63, 3.8) is 0 Å². The maximum absolute atomic E-state index is 12.1. The van der Waals surface area contributed by atoms with E-state index in [-0.39, 0.29) is 18.0 Å². The molecule has 1 aromatic carbocycles. The molecule has 0 saturated heterocycles. The number of sulfone groups is 1. The summed E-state index contributed by atoms with van der Waals surface area (Å²) in [7, 11) is -3.37. The smallest absolute Gasteiger partial charge is 0.337 e. The summed E-state index contributed by atoms with van der Waals surface area (Å²) in [6.45, 7) is 1.90. The second-order valence-corrected chi connectivity index (χ2v) is 7.26. The van der Waals surface area contributed by atoms with Crippen LogP contribution < -0.4 is 10.6 Å². The van der Waals surface area contributed by atoms with E-state index in [1.54, 1.807) is 25.1 Å². The van der Waals surface area contributed by atoms with E-state index in [1.165, 1.54) is 6.07 Å². The lowest BCUT2D eigenvalue weighted by molar-refractivity contribution is -0.140. The quantitative estimate of drug-likeness (QED) is 0.622. The Balaban J connectivity index is 2.13. The molecule has 0 bridgehead atoms. The first-order valence-electron chi connectivity index (χ1n) is 6.48. The molecule has 0 radical (unpaired) electrons. The van der Waals surface area contributed by atoms with Crippen LogP contribution >= 0.6 is 12.2 Å². The Morgan fingerprint density at radius 1 is 1.36 bits per heavy atom. The number of hydrogen-bond acceptors (Lipinski definition) is 5. The van der Waals surface area contributed by atoms with E-state index >= 15 is 0 Å². The summed E-state index contributed by atoms with van der Waals surface area (Å²) < 4.78 is 28.6. The van der Waals surface area contributed by atoms with Gasteiger partial charge in [0.2, 0.25) is 0 Å². The van der Waals surface area contributed by atoms with Crippen molar-refractivity contribution in [3.8, 4) is 0 Å². The molecule has 0 saturated carbocycles. The number of hydrogen-bond donors (Lipinski definition) is 2. The van der Waals surface area contributed by atoms with Crippen molar-refractivity contribution in [2.75, 3.05) is 12.8 Å². The molecule has 0 aromatic heterocycles. The van der Waals surface area contributed by atoms with Crippen LogP contribution in [-0.4, -0.2) is 32.3 Å². The molecule has 118 valence electrons. The molecule has 1 aliphatic heterocycles. The second-order valence-electron chi connectivity index (χ2n) is 4.87. The van der Waals surface area contributed by atoms with Gasteiger partial charge in [-0.15, -0.1) is 0 Å². The normalized spacial score (nSPS) is 15.1. The van der Waals surface area contributed by atoms with Gasteiger partial charge in [-0.3, -0.25) is 0 Å². The molecule has 0 fully saturated rings. The number of benzene rings is 1. The average Bonchev–Trinajstić information content (AvgIpc) is 2.44. The molecule has 1 heterocycles. The number of allylic oxidation sites excluding steroid dienone is 1. The summed E-state index contributed by atoms with van der Waals surface area (Å²) >= 11 is 4.95. The first-order valence-corrected chi connectivity index (χ1v) is 8.78. The van der Waals surface area contributed by atoms with E-state index in [2.05, 4.69) is 10.6 Å². The molecule has 1 aromatic rings.